The van der Waals surface area contributed by atoms with Crippen molar-refractivity contribution in [1.82, 2.24) is 79.8 Å². The number of amides is 16. The van der Waals surface area contributed by atoms with E-state index in [9.17, 15) is 107 Å². The van der Waals surface area contributed by atoms with E-state index in [-0.39, 0.29) is 94.2 Å². The molecule has 0 fully saturated rings. The Morgan fingerprint density at radius 3 is 1.24 bits per heavy atom. The maximum atomic E-state index is 14.3. The number of hydrogen-bond acceptors (Lipinski definition) is 24. The summed E-state index contributed by atoms with van der Waals surface area (Å²) >= 11 is 0. The number of phenols is 2. The van der Waals surface area contributed by atoms with Crippen molar-refractivity contribution in [3.63, 3.8) is 0 Å². The van der Waals surface area contributed by atoms with Crippen molar-refractivity contribution in [2.75, 3.05) is 39.3 Å². The standard InChI is InChI=1S/C76H115N21O22/c1-39(2)29-52(92-64(107)41(5)87-70(113)55(32-45-19-23-47(101)24-20-45)95-73(116)56(34-59(80)103)93-65(108)48(78)38-98)71(114)91-49(15-10-11-27-77)66(109)84-36-61(105)89-51(25-26-58(79)102)67(110)85-35-60(104)88-50(16-12-28-83-76(81)82)69(112)97-63(42(6)99)74(117)96-53(30-40(3)4)72(115)94-54(31-44-17-21-46(100)22-18-44)68(111)86-37-62(106)90-57(75(118)119)33-43-13-8-7-9-14-43/h7-9,13-14,17-24,39-42,48-57,63,98-101H,10-12,15-16,25-38,77-78H2,1-6H3,(H2,79,102)(H2,80,103)(H,84,109)(H,85,110)(H,86,111)(H,87,113)(H,88,104)(H,89,105)(H,90,106)(H,91,114)(H,92,107)(H,93,108)(H,94,115)(H,95,116)(H,96,117)(H,97,112)(H,118,119)(H4,81,82,83)/t41-,42+,48-,49-,50-,51-,52-,53-,54-,55-,56-,57-,63-/m0/s1. The smallest absolute Gasteiger partial charge is 0.326 e. The molecule has 43 nitrogen and oxygen atoms in total. The van der Waals surface area contributed by atoms with Gasteiger partial charge in [-0.25, -0.2) is 4.79 Å². The van der Waals surface area contributed by atoms with Crippen molar-refractivity contribution in [1.29, 1.82) is 5.41 Å². The fourth-order valence-electron chi connectivity index (χ4n) is 11.5. The zero-order valence-electron chi connectivity index (χ0n) is 67.2. The number of primary amides is 2. The van der Waals surface area contributed by atoms with Gasteiger partial charge in [0.15, 0.2) is 5.96 Å². The van der Waals surface area contributed by atoms with Gasteiger partial charge in [-0.1, -0.05) is 82.3 Å². The van der Waals surface area contributed by atoms with Gasteiger partial charge in [0.25, 0.3) is 0 Å². The number of hydrogen-bond donors (Lipinski definition) is 26. The van der Waals surface area contributed by atoms with Gasteiger partial charge < -0.3 is 134 Å². The lowest BCUT2D eigenvalue weighted by Crippen LogP contribution is -2.61. The third-order valence-electron chi connectivity index (χ3n) is 17.8. The van der Waals surface area contributed by atoms with Gasteiger partial charge in [0.05, 0.1) is 38.8 Å². The first-order valence-electron chi connectivity index (χ1n) is 38.5. The topological polar surface area (TPSA) is 726 Å². The molecular formula is C76H115N21O22. The Bertz CT molecular complexity index is 3950. The van der Waals surface area contributed by atoms with E-state index in [2.05, 4.69) is 79.8 Å². The van der Waals surface area contributed by atoms with Gasteiger partial charge in [0.1, 0.15) is 84.0 Å². The van der Waals surface area contributed by atoms with Crippen LogP contribution in [0.15, 0.2) is 78.9 Å². The van der Waals surface area contributed by atoms with Crippen LogP contribution in [0, 0.1) is 17.2 Å². The van der Waals surface area contributed by atoms with Crippen molar-refractivity contribution in [2.24, 2.45) is 40.5 Å². The number of phenolic OH excluding ortho intramolecular Hbond substituents is 2. The molecule has 0 unspecified atom stereocenters. The van der Waals surface area contributed by atoms with E-state index in [0.717, 1.165) is 6.92 Å². The molecule has 3 aromatic rings. The monoisotopic (exact) mass is 1670 g/mol. The molecule has 13 atom stereocenters. The molecule has 43 heteroatoms. The van der Waals surface area contributed by atoms with Gasteiger partial charge in [-0.15, -0.1) is 0 Å². The fourth-order valence-corrected chi connectivity index (χ4v) is 11.5. The molecule has 0 bridgehead atoms. The molecule has 3 rings (SSSR count). The summed E-state index contributed by atoms with van der Waals surface area (Å²) in [5.41, 5.74) is 28.9. The van der Waals surface area contributed by atoms with Crippen LogP contribution in [-0.4, -0.2) is 250 Å². The van der Waals surface area contributed by atoms with Crippen LogP contribution in [0.5, 0.6) is 11.5 Å². The number of rotatable bonds is 54. The number of nitrogens with one attached hydrogen (secondary N) is 16. The summed E-state index contributed by atoms with van der Waals surface area (Å²) in [6.07, 6.45) is -3.95. The van der Waals surface area contributed by atoms with Crippen molar-refractivity contribution < 1.29 is 107 Å². The number of unbranched alkanes of at least 4 members (excludes halogenated alkanes) is 1. The Labute approximate surface area is 686 Å². The van der Waals surface area contributed by atoms with E-state index >= 15 is 0 Å². The second kappa shape index (κ2) is 52.1. The van der Waals surface area contributed by atoms with Crippen molar-refractivity contribution in [3.05, 3.63) is 95.6 Å². The van der Waals surface area contributed by atoms with E-state index in [1.54, 1.807) is 58.0 Å². The molecule has 656 valence electrons. The van der Waals surface area contributed by atoms with E-state index in [1.165, 1.54) is 55.5 Å². The van der Waals surface area contributed by atoms with E-state index in [1.807, 2.05) is 0 Å². The average Bonchev–Trinajstić information content (AvgIpc) is 0.856. The Morgan fingerprint density at radius 1 is 0.403 bits per heavy atom. The minimum Gasteiger partial charge on any atom is -0.508 e. The first kappa shape index (κ1) is 101. The highest BCUT2D eigenvalue weighted by Crippen LogP contribution is 2.17. The van der Waals surface area contributed by atoms with Crippen LogP contribution >= 0.6 is 0 Å². The van der Waals surface area contributed by atoms with Crippen molar-refractivity contribution in [3.8, 4) is 11.5 Å². The molecule has 16 amide bonds. The average molecular weight is 1670 g/mol. The maximum Gasteiger partial charge on any atom is 0.326 e. The van der Waals surface area contributed by atoms with Crippen LogP contribution in [0.3, 0.4) is 0 Å². The highest BCUT2D eigenvalue weighted by molar-refractivity contribution is 6.00. The third kappa shape index (κ3) is 39.2. The molecule has 0 spiro atoms. The summed E-state index contributed by atoms with van der Waals surface area (Å²) < 4.78 is 0. The minimum absolute atomic E-state index is 0.00510. The maximum absolute atomic E-state index is 14.3. The summed E-state index contributed by atoms with van der Waals surface area (Å²) in [6, 6.07) is 0.967. The van der Waals surface area contributed by atoms with Crippen LogP contribution in [0.1, 0.15) is 122 Å². The van der Waals surface area contributed by atoms with Crippen LogP contribution in [0.4, 0.5) is 0 Å². The molecule has 31 N–H and O–H groups in total. The second-order valence-corrected chi connectivity index (χ2v) is 29.1. The number of carbonyl (C=O) groups is 17. The van der Waals surface area contributed by atoms with Gasteiger partial charge in [-0.2, -0.15) is 0 Å². The number of nitrogens with two attached hydrogens (primary N) is 5. The number of aliphatic carboxylic acids is 1. The molecule has 0 radical (unpaired) electrons. The number of carbonyl (C=O) groups excluding carboxylic acids is 16. The minimum atomic E-state index is -1.87. The molecular weight excluding hydrogens is 1560 g/mol. The summed E-state index contributed by atoms with van der Waals surface area (Å²) in [7, 11) is 0. The van der Waals surface area contributed by atoms with Gasteiger partial charge in [-0.05, 0) is 125 Å². The SMILES string of the molecule is CC(C)C[C@H](NC(=O)[C@H](C)NC(=O)[C@H](Cc1ccc(O)cc1)NC(=O)[C@H](CC(N)=O)NC(=O)[C@@H](N)CO)C(=O)N[C@@H](CCCCN)C(=O)NCC(=O)N[C@@H](CCC(N)=O)C(=O)NCC(=O)N[C@@H](CCCNC(=N)N)C(=O)N[C@H](C(=O)N[C@@H](CC(C)C)C(=O)N[C@@H](Cc1ccc(O)cc1)C(=O)NCC(=O)N[C@@H](Cc1ccccc1)C(=O)O)[C@@H](C)O. The zero-order chi connectivity index (χ0) is 89.2. The van der Waals surface area contributed by atoms with E-state index in [4.69, 9.17) is 34.1 Å². The first-order valence-corrected chi connectivity index (χ1v) is 38.5. The molecule has 0 saturated carbocycles. The Balaban J connectivity index is 1.79. The molecule has 0 saturated heterocycles. The molecule has 0 aliphatic heterocycles. The largest absolute Gasteiger partial charge is 0.508 e. The Morgan fingerprint density at radius 2 is 0.790 bits per heavy atom. The lowest BCUT2D eigenvalue weighted by atomic mass is 10.00. The van der Waals surface area contributed by atoms with Gasteiger partial charge >= 0.3 is 5.97 Å². The van der Waals surface area contributed by atoms with Crippen molar-refractivity contribution in [2.45, 2.75) is 204 Å². The first-order chi connectivity index (χ1) is 56.1. The third-order valence-corrected chi connectivity index (χ3v) is 17.8. The number of aliphatic hydroxyl groups excluding tert-OH is 2. The number of carboxylic acid groups (broad SMARTS) is 1. The number of carboxylic acids is 1. The summed E-state index contributed by atoms with van der Waals surface area (Å²) in [6.45, 7) is 5.96. The van der Waals surface area contributed by atoms with Crippen molar-refractivity contribution >= 4 is 106 Å². The molecule has 0 aromatic heterocycles. The number of guanidine groups is 1. The van der Waals surface area contributed by atoms with Gasteiger partial charge in [-0.3, -0.25) is 82.1 Å². The predicted molar refractivity (Wildman–Crippen MR) is 427 cm³/mol. The highest BCUT2D eigenvalue weighted by atomic mass is 16.4. The predicted octanol–water partition coefficient (Wildman–Crippen LogP) is -7.76. The molecule has 0 aliphatic rings. The number of benzene rings is 3. The number of aromatic hydroxyl groups is 2. The van der Waals surface area contributed by atoms with E-state index in [0.29, 0.717) is 23.1 Å². The molecule has 3 aromatic carbocycles. The van der Waals surface area contributed by atoms with Crippen LogP contribution < -0.4 is 108 Å². The summed E-state index contributed by atoms with van der Waals surface area (Å²) in [5, 5.41) is 94.0. The summed E-state index contributed by atoms with van der Waals surface area (Å²) in [4.78, 5) is 229. The lowest BCUT2D eigenvalue weighted by Gasteiger charge is -2.28. The highest BCUT2D eigenvalue weighted by Gasteiger charge is 2.37. The van der Waals surface area contributed by atoms with E-state index < -0.39 is 231 Å². The van der Waals surface area contributed by atoms with Gasteiger partial charge in [0.2, 0.25) is 94.5 Å². The molecule has 0 heterocycles. The van der Waals surface area contributed by atoms with Gasteiger partial charge in [0, 0.05) is 32.2 Å². The van der Waals surface area contributed by atoms with Crippen LogP contribution in [0.25, 0.3) is 0 Å². The molecule has 0 aliphatic carbocycles. The number of aliphatic hydroxyl groups is 2. The quantitative estimate of drug-likeness (QED) is 0.0142. The normalized spacial score (nSPS) is 14.3. The Kier molecular flexibility index (Phi) is 44.1. The Hall–Kier alpha value is -12.6. The van der Waals surface area contributed by atoms with Crippen LogP contribution in [-0.2, 0) is 101 Å². The van der Waals surface area contributed by atoms with Crippen LogP contribution in [0.2, 0.25) is 0 Å². The lowest BCUT2D eigenvalue weighted by molar-refractivity contribution is -0.141. The molecule has 119 heavy (non-hydrogen) atoms. The summed E-state index contributed by atoms with van der Waals surface area (Å²) in [5.74, 6) is -18.7. The zero-order valence-corrected chi connectivity index (χ0v) is 67.2. The second-order valence-electron chi connectivity index (χ2n) is 29.1. The fraction of sp³-hybridized carbons (Fsp3) is 0.526.